The number of aryl methyl sites for hydroxylation is 2. The molecule has 1 N–H and O–H groups in total. The SMILES string of the molecule is CCC(CC)(CCc1nccn1C)CNC(C)(C)C. The molecule has 3 nitrogen and oxygen atoms in total. The molecule has 1 aromatic rings. The number of hydrogen-bond donors (Lipinski definition) is 1. The highest BCUT2D eigenvalue weighted by molar-refractivity contribution is 4.94. The van der Waals surface area contributed by atoms with Crippen molar-refractivity contribution in [2.45, 2.75) is 65.8 Å². The average Bonchev–Trinajstić information content (AvgIpc) is 2.75. The summed E-state index contributed by atoms with van der Waals surface area (Å²) in [7, 11) is 2.08. The molecule has 0 aliphatic carbocycles. The van der Waals surface area contributed by atoms with E-state index in [0.29, 0.717) is 5.41 Å². The molecule has 0 aliphatic rings. The van der Waals surface area contributed by atoms with Gasteiger partial charge < -0.3 is 9.88 Å². The predicted octanol–water partition coefficient (Wildman–Crippen LogP) is 3.55. The molecule has 0 saturated heterocycles. The van der Waals surface area contributed by atoms with E-state index in [1.54, 1.807) is 0 Å². The molecule has 1 aromatic heterocycles. The van der Waals surface area contributed by atoms with E-state index >= 15 is 0 Å². The lowest BCUT2D eigenvalue weighted by Gasteiger charge is -2.35. The minimum atomic E-state index is 0.193. The molecule has 3 heteroatoms. The van der Waals surface area contributed by atoms with Crippen molar-refractivity contribution in [1.82, 2.24) is 14.9 Å². The lowest BCUT2D eigenvalue weighted by Crippen LogP contribution is -2.44. The summed E-state index contributed by atoms with van der Waals surface area (Å²) in [6, 6.07) is 0. The number of aromatic nitrogens is 2. The molecular formula is C16H31N3. The van der Waals surface area contributed by atoms with Gasteiger partial charge in [0.05, 0.1) is 0 Å². The highest BCUT2D eigenvalue weighted by Crippen LogP contribution is 2.31. The van der Waals surface area contributed by atoms with E-state index < -0.39 is 0 Å². The molecule has 0 bridgehead atoms. The lowest BCUT2D eigenvalue weighted by molar-refractivity contribution is 0.204. The van der Waals surface area contributed by atoms with Gasteiger partial charge in [-0.3, -0.25) is 0 Å². The van der Waals surface area contributed by atoms with Crippen molar-refractivity contribution < 1.29 is 0 Å². The maximum absolute atomic E-state index is 4.44. The maximum Gasteiger partial charge on any atom is 0.108 e. The van der Waals surface area contributed by atoms with Crippen LogP contribution in [0.2, 0.25) is 0 Å². The minimum Gasteiger partial charge on any atom is -0.338 e. The van der Waals surface area contributed by atoms with Gasteiger partial charge in [-0.2, -0.15) is 0 Å². The third-order valence-corrected chi connectivity index (χ3v) is 4.29. The Morgan fingerprint density at radius 3 is 2.26 bits per heavy atom. The van der Waals surface area contributed by atoms with Crippen LogP contribution in [-0.4, -0.2) is 21.6 Å². The zero-order valence-corrected chi connectivity index (χ0v) is 13.6. The Balaban J connectivity index is 2.63. The van der Waals surface area contributed by atoms with Crippen LogP contribution >= 0.6 is 0 Å². The molecule has 19 heavy (non-hydrogen) atoms. The molecule has 1 heterocycles. The van der Waals surface area contributed by atoms with Crippen molar-refractivity contribution in [3.8, 4) is 0 Å². The summed E-state index contributed by atoms with van der Waals surface area (Å²) in [5.41, 5.74) is 0.581. The summed E-state index contributed by atoms with van der Waals surface area (Å²) >= 11 is 0. The van der Waals surface area contributed by atoms with Gasteiger partial charge in [0.1, 0.15) is 5.82 Å². The quantitative estimate of drug-likeness (QED) is 0.817. The van der Waals surface area contributed by atoms with E-state index in [9.17, 15) is 0 Å². The smallest absolute Gasteiger partial charge is 0.108 e. The number of nitrogens with zero attached hydrogens (tertiary/aromatic N) is 2. The Hall–Kier alpha value is -0.830. The first-order valence-electron chi connectivity index (χ1n) is 7.53. The molecular weight excluding hydrogens is 234 g/mol. The number of hydrogen-bond acceptors (Lipinski definition) is 2. The highest BCUT2D eigenvalue weighted by Gasteiger charge is 2.27. The van der Waals surface area contributed by atoms with E-state index in [4.69, 9.17) is 0 Å². The minimum absolute atomic E-state index is 0.193. The van der Waals surface area contributed by atoms with Crippen molar-refractivity contribution in [3.05, 3.63) is 18.2 Å². The summed E-state index contributed by atoms with van der Waals surface area (Å²) in [5, 5.41) is 3.68. The number of nitrogens with one attached hydrogen (secondary N) is 1. The zero-order chi connectivity index (χ0) is 14.5. The fourth-order valence-corrected chi connectivity index (χ4v) is 2.41. The van der Waals surface area contributed by atoms with Gasteiger partial charge in [-0.25, -0.2) is 4.98 Å². The summed E-state index contributed by atoms with van der Waals surface area (Å²) < 4.78 is 2.13. The molecule has 0 aliphatic heterocycles. The van der Waals surface area contributed by atoms with Gasteiger partial charge in [-0.1, -0.05) is 13.8 Å². The summed E-state index contributed by atoms with van der Waals surface area (Å²) in [4.78, 5) is 4.44. The van der Waals surface area contributed by atoms with Crippen molar-refractivity contribution in [1.29, 1.82) is 0 Å². The molecule has 0 spiro atoms. The number of imidazole rings is 1. The highest BCUT2D eigenvalue weighted by atomic mass is 15.0. The van der Waals surface area contributed by atoms with Crippen LogP contribution in [0, 0.1) is 5.41 Å². The molecule has 0 saturated carbocycles. The third kappa shape index (κ3) is 4.98. The van der Waals surface area contributed by atoms with Gasteiger partial charge in [0.2, 0.25) is 0 Å². The summed E-state index contributed by atoms with van der Waals surface area (Å²) in [6.45, 7) is 12.4. The molecule has 0 amide bonds. The first-order chi connectivity index (χ1) is 8.82. The van der Waals surface area contributed by atoms with Gasteiger partial charge >= 0.3 is 0 Å². The van der Waals surface area contributed by atoms with Crippen LogP contribution < -0.4 is 5.32 Å². The average molecular weight is 265 g/mol. The Morgan fingerprint density at radius 2 is 1.84 bits per heavy atom. The number of rotatable bonds is 7. The van der Waals surface area contributed by atoms with Crippen molar-refractivity contribution in [3.63, 3.8) is 0 Å². The standard InChI is InChI=1S/C16H31N3/c1-7-16(8-2,13-18-15(3,4)5)10-9-14-17-11-12-19(14)6/h11-12,18H,7-10,13H2,1-6H3. The normalized spacial score (nSPS) is 12.9. The van der Waals surface area contributed by atoms with Crippen LogP contribution in [0.25, 0.3) is 0 Å². The fourth-order valence-electron chi connectivity index (χ4n) is 2.41. The van der Waals surface area contributed by atoms with Gasteiger partial charge in [0.25, 0.3) is 0 Å². The second-order valence-corrected chi connectivity index (χ2v) is 6.77. The van der Waals surface area contributed by atoms with Crippen LogP contribution in [0.3, 0.4) is 0 Å². The molecule has 0 atom stereocenters. The van der Waals surface area contributed by atoms with Crippen LogP contribution in [0.5, 0.6) is 0 Å². The zero-order valence-electron chi connectivity index (χ0n) is 13.6. The van der Waals surface area contributed by atoms with Crippen molar-refractivity contribution >= 4 is 0 Å². The summed E-state index contributed by atoms with van der Waals surface area (Å²) in [5.74, 6) is 1.20. The Morgan fingerprint density at radius 1 is 1.21 bits per heavy atom. The van der Waals surface area contributed by atoms with E-state index in [1.807, 2.05) is 12.4 Å². The molecule has 110 valence electrons. The summed E-state index contributed by atoms with van der Waals surface area (Å²) in [6.07, 6.45) is 8.63. The first-order valence-corrected chi connectivity index (χ1v) is 7.53. The second-order valence-electron chi connectivity index (χ2n) is 6.77. The van der Waals surface area contributed by atoms with E-state index in [1.165, 1.54) is 25.1 Å². The Bertz CT molecular complexity index is 370. The molecule has 1 rings (SSSR count). The van der Waals surface area contributed by atoms with Crippen LogP contribution in [-0.2, 0) is 13.5 Å². The largest absolute Gasteiger partial charge is 0.338 e. The maximum atomic E-state index is 4.44. The van der Waals surface area contributed by atoms with Gasteiger partial charge in [0.15, 0.2) is 0 Å². The fraction of sp³-hybridized carbons (Fsp3) is 0.812. The predicted molar refractivity (Wildman–Crippen MR) is 82.3 cm³/mol. The second kappa shape index (κ2) is 6.56. The first kappa shape index (κ1) is 16.2. The lowest BCUT2D eigenvalue weighted by atomic mass is 9.77. The van der Waals surface area contributed by atoms with E-state index in [2.05, 4.69) is 56.5 Å². The Labute approximate surface area is 118 Å². The molecule has 0 fully saturated rings. The van der Waals surface area contributed by atoms with Crippen molar-refractivity contribution in [2.24, 2.45) is 12.5 Å². The third-order valence-electron chi connectivity index (χ3n) is 4.29. The molecule has 0 aromatic carbocycles. The van der Waals surface area contributed by atoms with E-state index in [-0.39, 0.29) is 5.54 Å². The van der Waals surface area contributed by atoms with Crippen LogP contribution in [0.4, 0.5) is 0 Å². The van der Waals surface area contributed by atoms with Gasteiger partial charge in [-0.05, 0) is 45.4 Å². The molecule has 0 radical (unpaired) electrons. The van der Waals surface area contributed by atoms with Gasteiger partial charge in [-0.15, -0.1) is 0 Å². The van der Waals surface area contributed by atoms with Gasteiger partial charge in [0, 0.05) is 37.9 Å². The van der Waals surface area contributed by atoms with Crippen LogP contribution in [0.15, 0.2) is 12.4 Å². The van der Waals surface area contributed by atoms with Crippen LogP contribution in [0.1, 0.15) is 59.7 Å². The Kier molecular flexibility index (Phi) is 5.60. The topological polar surface area (TPSA) is 29.9 Å². The van der Waals surface area contributed by atoms with E-state index in [0.717, 1.165) is 13.0 Å². The van der Waals surface area contributed by atoms with Crippen molar-refractivity contribution in [2.75, 3.05) is 6.54 Å². The molecule has 0 unspecified atom stereocenters. The monoisotopic (exact) mass is 265 g/mol.